The third kappa shape index (κ3) is 4.41. The zero-order valence-electron chi connectivity index (χ0n) is 12.8. The minimum Gasteiger partial charge on any atom is -0.495 e. The van der Waals surface area contributed by atoms with Gasteiger partial charge in [-0.05, 0) is 59.2 Å². The Hall–Kier alpha value is -0.700. The smallest absolute Gasteiger partial charge is 0.135 e. The van der Waals surface area contributed by atoms with Crippen LogP contribution in [0.4, 0.5) is 5.69 Å². The second-order valence-corrected chi connectivity index (χ2v) is 7.21. The summed E-state index contributed by atoms with van der Waals surface area (Å²) in [6, 6.07) is 6.86. The lowest BCUT2D eigenvalue weighted by Crippen LogP contribution is -2.27. The molecule has 1 fully saturated rings. The Morgan fingerprint density at radius 3 is 2.85 bits per heavy atom. The molecule has 0 bridgehead atoms. The summed E-state index contributed by atoms with van der Waals surface area (Å²) in [6.07, 6.45) is 6.70. The molecule has 20 heavy (non-hydrogen) atoms. The Kier molecular flexibility index (Phi) is 5.76. The molecule has 0 amide bonds. The van der Waals surface area contributed by atoms with E-state index in [1.807, 2.05) is 0 Å². The highest BCUT2D eigenvalue weighted by molar-refractivity contribution is 9.10. The molecule has 2 rings (SSSR count). The van der Waals surface area contributed by atoms with E-state index in [2.05, 4.69) is 53.3 Å². The maximum Gasteiger partial charge on any atom is 0.135 e. The van der Waals surface area contributed by atoms with Gasteiger partial charge in [-0.3, -0.25) is 0 Å². The van der Waals surface area contributed by atoms with E-state index >= 15 is 0 Å². The zero-order chi connectivity index (χ0) is 14.5. The SMILES string of the molecule is COc1cc(NC2CCCC(CC(C)C)C2)ccc1Br. The van der Waals surface area contributed by atoms with E-state index in [0.717, 1.165) is 22.1 Å². The molecule has 0 spiro atoms. The maximum atomic E-state index is 5.36. The van der Waals surface area contributed by atoms with Gasteiger partial charge in [0.2, 0.25) is 0 Å². The molecule has 1 aromatic rings. The van der Waals surface area contributed by atoms with Crippen LogP contribution in [0.1, 0.15) is 46.0 Å². The quantitative estimate of drug-likeness (QED) is 0.767. The fourth-order valence-corrected chi connectivity index (χ4v) is 3.70. The molecule has 0 saturated heterocycles. The van der Waals surface area contributed by atoms with E-state index < -0.39 is 0 Å². The van der Waals surface area contributed by atoms with Crippen molar-refractivity contribution >= 4 is 21.6 Å². The Morgan fingerprint density at radius 1 is 1.35 bits per heavy atom. The Morgan fingerprint density at radius 2 is 2.15 bits per heavy atom. The van der Waals surface area contributed by atoms with Crippen molar-refractivity contribution in [3.63, 3.8) is 0 Å². The van der Waals surface area contributed by atoms with Crippen LogP contribution in [-0.2, 0) is 0 Å². The van der Waals surface area contributed by atoms with Crippen LogP contribution in [-0.4, -0.2) is 13.2 Å². The third-order valence-electron chi connectivity index (χ3n) is 4.11. The lowest BCUT2D eigenvalue weighted by atomic mass is 9.81. The predicted molar refractivity (Wildman–Crippen MR) is 89.5 cm³/mol. The number of nitrogens with one attached hydrogen (secondary N) is 1. The Balaban J connectivity index is 1.95. The average Bonchev–Trinajstić information content (AvgIpc) is 2.40. The molecule has 2 atom stereocenters. The van der Waals surface area contributed by atoms with Gasteiger partial charge in [0.1, 0.15) is 5.75 Å². The number of rotatable bonds is 5. The molecule has 1 saturated carbocycles. The van der Waals surface area contributed by atoms with Crippen LogP contribution in [0.15, 0.2) is 22.7 Å². The third-order valence-corrected chi connectivity index (χ3v) is 4.76. The monoisotopic (exact) mass is 339 g/mol. The number of benzene rings is 1. The van der Waals surface area contributed by atoms with E-state index in [0.29, 0.717) is 6.04 Å². The largest absolute Gasteiger partial charge is 0.495 e. The molecule has 1 aliphatic carbocycles. The summed E-state index contributed by atoms with van der Waals surface area (Å²) in [5, 5.41) is 3.69. The van der Waals surface area contributed by atoms with Gasteiger partial charge in [0.05, 0.1) is 11.6 Å². The first kappa shape index (κ1) is 15.7. The number of anilines is 1. The Labute approximate surface area is 131 Å². The molecule has 0 aromatic heterocycles. The second-order valence-electron chi connectivity index (χ2n) is 6.35. The normalized spacial score (nSPS) is 22.9. The van der Waals surface area contributed by atoms with Crippen LogP contribution in [0.25, 0.3) is 0 Å². The van der Waals surface area contributed by atoms with Gasteiger partial charge < -0.3 is 10.1 Å². The molecule has 1 aliphatic rings. The van der Waals surface area contributed by atoms with Crippen LogP contribution >= 0.6 is 15.9 Å². The van der Waals surface area contributed by atoms with E-state index in [4.69, 9.17) is 4.74 Å². The zero-order valence-corrected chi connectivity index (χ0v) is 14.4. The highest BCUT2D eigenvalue weighted by Crippen LogP contribution is 2.33. The summed E-state index contributed by atoms with van der Waals surface area (Å²) in [4.78, 5) is 0. The van der Waals surface area contributed by atoms with Gasteiger partial charge in [-0.25, -0.2) is 0 Å². The predicted octanol–water partition coefficient (Wildman–Crippen LogP) is 5.47. The van der Waals surface area contributed by atoms with Gasteiger partial charge in [-0.1, -0.05) is 26.7 Å². The lowest BCUT2D eigenvalue weighted by molar-refractivity contribution is 0.289. The van der Waals surface area contributed by atoms with Crippen molar-refractivity contribution in [3.8, 4) is 5.75 Å². The van der Waals surface area contributed by atoms with E-state index in [-0.39, 0.29) is 0 Å². The molecule has 0 heterocycles. The minimum atomic E-state index is 0.610. The highest BCUT2D eigenvalue weighted by atomic mass is 79.9. The molecule has 112 valence electrons. The Bertz CT molecular complexity index is 433. The van der Waals surface area contributed by atoms with Gasteiger partial charge in [-0.15, -0.1) is 0 Å². The minimum absolute atomic E-state index is 0.610. The van der Waals surface area contributed by atoms with Gasteiger partial charge >= 0.3 is 0 Å². The average molecular weight is 340 g/mol. The van der Waals surface area contributed by atoms with Crippen LogP contribution in [0, 0.1) is 11.8 Å². The standard InChI is InChI=1S/C17H26BrNO/c1-12(2)9-13-5-4-6-14(10-13)19-15-7-8-16(18)17(11-15)20-3/h7-8,11-14,19H,4-6,9-10H2,1-3H3. The lowest BCUT2D eigenvalue weighted by Gasteiger charge is -2.31. The number of hydrogen-bond donors (Lipinski definition) is 1. The van der Waals surface area contributed by atoms with E-state index in [9.17, 15) is 0 Å². The fourth-order valence-electron chi connectivity index (χ4n) is 3.29. The van der Waals surface area contributed by atoms with Crippen molar-refractivity contribution in [1.29, 1.82) is 0 Å². The summed E-state index contributed by atoms with van der Waals surface area (Å²) >= 11 is 3.50. The molecule has 0 radical (unpaired) electrons. The van der Waals surface area contributed by atoms with Crippen LogP contribution in [0.2, 0.25) is 0 Å². The number of halogens is 1. The van der Waals surface area contributed by atoms with Gasteiger partial charge in [0, 0.05) is 17.8 Å². The number of methoxy groups -OCH3 is 1. The van der Waals surface area contributed by atoms with Gasteiger partial charge in [0.25, 0.3) is 0 Å². The van der Waals surface area contributed by atoms with Crippen molar-refractivity contribution in [2.75, 3.05) is 12.4 Å². The molecular formula is C17H26BrNO. The number of hydrogen-bond acceptors (Lipinski definition) is 2. The van der Waals surface area contributed by atoms with Crippen molar-refractivity contribution in [2.45, 2.75) is 52.0 Å². The summed E-state index contributed by atoms with van der Waals surface area (Å²) < 4.78 is 6.37. The molecule has 1 aromatic carbocycles. The first-order valence-corrected chi connectivity index (χ1v) is 8.48. The first-order valence-electron chi connectivity index (χ1n) is 7.68. The number of ether oxygens (including phenoxy) is 1. The van der Waals surface area contributed by atoms with Crippen LogP contribution in [0.5, 0.6) is 5.75 Å². The van der Waals surface area contributed by atoms with Crippen molar-refractivity contribution in [2.24, 2.45) is 11.8 Å². The summed E-state index contributed by atoms with van der Waals surface area (Å²) in [6.45, 7) is 4.66. The van der Waals surface area contributed by atoms with Crippen molar-refractivity contribution in [1.82, 2.24) is 0 Å². The summed E-state index contributed by atoms with van der Waals surface area (Å²) in [5.41, 5.74) is 1.17. The summed E-state index contributed by atoms with van der Waals surface area (Å²) in [5.74, 6) is 2.59. The van der Waals surface area contributed by atoms with Crippen molar-refractivity contribution in [3.05, 3.63) is 22.7 Å². The molecular weight excluding hydrogens is 314 g/mol. The van der Waals surface area contributed by atoms with Crippen LogP contribution in [0.3, 0.4) is 0 Å². The van der Waals surface area contributed by atoms with Crippen molar-refractivity contribution < 1.29 is 4.74 Å². The van der Waals surface area contributed by atoms with Crippen LogP contribution < -0.4 is 10.1 Å². The molecule has 0 aliphatic heterocycles. The topological polar surface area (TPSA) is 21.3 Å². The molecule has 2 unspecified atom stereocenters. The summed E-state index contributed by atoms with van der Waals surface area (Å²) in [7, 11) is 1.71. The van der Waals surface area contributed by atoms with Gasteiger partial charge in [0.15, 0.2) is 0 Å². The van der Waals surface area contributed by atoms with E-state index in [1.165, 1.54) is 37.8 Å². The van der Waals surface area contributed by atoms with E-state index in [1.54, 1.807) is 7.11 Å². The molecule has 1 N–H and O–H groups in total. The molecule has 3 heteroatoms. The second kappa shape index (κ2) is 7.35. The first-order chi connectivity index (χ1) is 9.58. The highest BCUT2D eigenvalue weighted by Gasteiger charge is 2.22. The maximum absolute atomic E-state index is 5.36. The fraction of sp³-hybridized carbons (Fsp3) is 0.647. The molecule has 2 nitrogen and oxygen atoms in total. The van der Waals surface area contributed by atoms with Gasteiger partial charge in [-0.2, -0.15) is 0 Å².